The van der Waals surface area contributed by atoms with E-state index in [1.165, 1.54) is 193 Å². The van der Waals surface area contributed by atoms with Crippen LogP contribution in [0.4, 0.5) is 0 Å². The summed E-state index contributed by atoms with van der Waals surface area (Å²) < 4.78 is 30.7. The molecule has 0 rings (SSSR count). The van der Waals surface area contributed by atoms with Crippen molar-refractivity contribution >= 4 is 19.7 Å². The van der Waals surface area contributed by atoms with Gasteiger partial charge in [-0.15, -0.1) is 0 Å². The molecule has 10 heteroatoms. The minimum Gasteiger partial charge on any atom is -0.456 e. The molecule has 0 aliphatic carbocycles. The van der Waals surface area contributed by atoms with Gasteiger partial charge in [0.05, 0.1) is 33.8 Å². The molecule has 0 aliphatic rings. The number of phosphoric ester groups is 1. The van der Waals surface area contributed by atoms with Gasteiger partial charge in [-0.25, -0.2) is 4.57 Å². The van der Waals surface area contributed by atoms with Gasteiger partial charge >= 0.3 is 13.8 Å². The summed E-state index contributed by atoms with van der Waals surface area (Å²) in [5, 5.41) is 3.06. The number of esters is 1. The third-order valence-electron chi connectivity index (χ3n) is 14.5. The fraction of sp³-hybridized carbons (Fsp3) is 0.848. The molecule has 1 amide bonds. The lowest BCUT2D eigenvalue weighted by molar-refractivity contribution is -0.870. The first-order chi connectivity index (χ1) is 36.9. The molecule has 0 fully saturated rings. The zero-order chi connectivity index (χ0) is 55.7. The van der Waals surface area contributed by atoms with E-state index in [0.717, 1.165) is 83.5 Å². The minimum absolute atomic E-state index is 0.0397. The van der Waals surface area contributed by atoms with Crippen molar-refractivity contribution < 1.29 is 37.3 Å². The van der Waals surface area contributed by atoms with Gasteiger partial charge in [-0.1, -0.05) is 262 Å². The van der Waals surface area contributed by atoms with Gasteiger partial charge in [-0.2, -0.15) is 0 Å². The summed E-state index contributed by atoms with van der Waals surface area (Å²) in [5.41, 5.74) is 0. The SMILES string of the molecule is CC/C=C/C/C=C/CCCCCCCCCC(=O)OC(/C=C\CCCCCCCCCCCCC)C(COP(=O)(O)OCC[N+](C)(C)C)NC(=O)CCCCCCCCCCCCCCC/C=C/CCCCCCCC. The summed E-state index contributed by atoms with van der Waals surface area (Å²) >= 11 is 0. The number of ether oxygens (including phenoxy) is 1. The number of nitrogens with zero attached hydrogens (tertiary/aromatic N) is 1. The number of likely N-dealkylation sites (N-methyl/N-ethyl adjacent to an activating group) is 1. The quantitative estimate of drug-likeness (QED) is 0.0205. The summed E-state index contributed by atoms with van der Waals surface area (Å²) in [6, 6.07) is -0.850. The van der Waals surface area contributed by atoms with E-state index in [-0.39, 0.29) is 31.5 Å². The molecule has 0 aromatic carbocycles. The summed E-state index contributed by atoms with van der Waals surface area (Å²) in [5.74, 6) is -0.504. The molecule has 0 saturated carbocycles. The third-order valence-corrected chi connectivity index (χ3v) is 15.5. The monoisotopic (exact) mass is 1090 g/mol. The van der Waals surface area contributed by atoms with Crippen LogP contribution in [0.25, 0.3) is 0 Å². The lowest BCUT2D eigenvalue weighted by Gasteiger charge is -2.27. The maximum atomic E-state index is 13.6. The first-order valence-electron chi connectivity index (χ1n) is 32.5. The number of carbonyl (C=O) groups is 2. The Bertz CT molecular complexity index is 1440. The van der Waals surface area contributed by atoms with Gasteiger partial charge in [-0.3, -0.25) is 18.6 Å². The number of nitrogens with one attached hydrogen (secondary N) is 1. The molecule has 2 N–H and O–H groups in total. The van der Waals surface area contributed by atoms with Crippen LogP contribution in [0.2, 0.25) is 0 Å². The average molecular weight is 1090 g/mol. The van der Waals surface area contributed by atoms with Gasteiger partial charge in [0.25, 0.3) is 0 Å². The number of phosphoric acid groups is 1. The Morgan fingerprint density at radius 1 is 0.474 bits per heavy atom. The Kier molecular flexibility index (Phi) is 54.7. The van der Waals surface area contributed by atoms with E-state index in [0.29, 0.717) is 17.4 Å². The van der Waals surface area contributed by atoms with E-state index in [1.54, 1.807) is 0 Å². The van der Waals surface area contributed by atoms with Crippen LogP contribution >= 0.6 is 7.82 Å². The first-order valence-corrected chi connectivity index (χ1v) is 34.0. The molecular weight excluding hydrogens is 964 g/mol. The van der Waals surface area contributed by atoms with Crippen molar-refractivity contribution in [2.24, 2.45) is 0 Å². The van der Waals surface area contributed by atoms with Gasteiger partial charge in [0.15, 0.2) is 0 Å². The maximum absolute atomic E-state index is 13.6. The van der Waals surface area contributed by atoms with Crippen molar-refractivity contribution in [3.8, 4) is 0 Å². The molecule has 0 radical (unpaired) electrons. The topological polar surface area (TPSA) is 111 Å². The van der Waals surface area contributed by atoms with Crippen molar-refractivity contribution in [3.05, 3.63) is 48.6 Å². The molecule has 0 spiro atoms. The highest BCUT2D eigenvalue weighted by atomic mass is 31.2. The Morgan fingerprint density at radius 2 is 0.842 bits per heavy atom. The van der Waals surface area contributed by atoms with Crippen LogP contribution in [0.5, 0.6) is 0 Å². The highest BCUT2D eigenvalue weighted by Gasteiger charge is 2.30. The summed E-state index contributed by atoms with van der Waals surface area (Å²) in [4.78, 5) is 37.7. The number of quaternary nitrogens is 1. The number of allylic oxidation sites excluding steroid dienone is 7. The van der Waals surface area contributed by atoms with E-state index in [2.05, 4.69) is 62.5 Å². The summed E-state index contributed by atoms with van der Waals surface area (Å²) in [6.07, 6.45) is 69.7. The third kappa shape index (κ3) is 56.7. The zero-order valence-electron chi connectivity index (χ0n) is 51.0. The molecule has 9 nitrogen and oxygen atoms in total. The van der Waals surface area contributed by atoms with Crippen LogP contribution in [0.3, 0.4) is 0 Å². The fourth-order valence-corrected chi connectivity index (χ4v) is 10.2. The molecule has 3 unspecified atom stereocenters. The summed E-state index contributed by atoms with van der Waals surface area (Å²) in [6.45, 7) is 6.93. The largest absolute Gasteiger partial charge is 0.472 e. The van der Waals surface area contributed by atoms with Gasteiger partial charge in [0, 0.05) is 12.8 Å². The van der Waals surface area contributed by atoms with Crippen molar-refractivity contribution in [1.82, 2.24) is 5.32 Å². The number of hydrogen-bond acceptors (Lipinski definition) is 6. The van der Waals surface area contributed by atoms with Gasteiger partial charge < -0.3 is 19.4 Å². The predicted molar refractivity (Wildman–Crippen MR) is 328 cm³/mol. The Balaban J connectivity index is 5.14. The lowest BCUT2D eigenvalue weighted by Crippen LogP contribution is -2.47. The van der Waals surface area contributed by atoms with Gasteiger partial charge in [0.2, 0.25) is 5.91 Å². The van der Waals surface area contributed by atoms with E-state index in [9.17, 15) is 19.0 Å². The van der Waals surface area contributed by atoms with Crippen molar-refractivity contribution in [1.29, 1.82) is 0 Å². The average Bonchev–Trinajstić information content (AvgIpc) is 3.38. The van der Waals surface area contributed by atoms with E-state index in [4.69, 9.17) is 13.8 Å². The predicted octanol–water partition coefficient (Wildman–Crippen LogP) is 20.1. The van der Waals surface area contributed by atoms with E-state index >= 15 is 0 Å². The molecule has 0 aliphatic heterocycles. The van der Waals surface area contributed by atoms with Crippen molar-refractivity contribution in [2.75, 3.05) is 40.9 Å². The van der Waals surface area contributed by atoms with Crippen LogP contribution < -0.4 is 5.32 Å². The number of hydrogen-bond donors (Lipinski definition) is 2. The minimum atomic E-state index is -4.45. The Morgan fingerprint density at radius 3 is 1.26 bits per heavy atom. The van der Waals surface area contributed by atoms with E-state index < -0.39 is 20.0 Å². The van der Waals surface area contributed by atoms with Gasteiger partial charge in [0.1, 0.15) is 19.3 Å². The number of carbonyl (C=O) groups excluding carboxylic acids is 2. The first kappa shape index (κ1) is 74.0. The van der Waals surface area contributed by atoms with Crippen LogP contribution in [0, 0.1) is 0 Å². The van der Waals surface area contributed by atoms with Crippen LogP contribution in [0.1, 0.15) is 310 Å². The molecule has 76 heavy (non-hydrogen) atoms. The molecule has 446 valence electrons. The van der Waals surface area contributed by atoms with Crippen molar-refractivity contribution in [2.45, 2.75) is 322 Å². The molecular formula is C66H126N2O7P+. The van der Waals surface area contributed by atoms with Gasteiger partial charge in [-0.05, 0) is 83.1 Å². The number of unbranched alkanes of at least 4 members (excludes halogenated alkanes) is 37. The normalized spacial score (nSPS) is 13.9. The Hall–Kier alpha value is -2.03. The van der Waals surface area contributed by atoms with Crippen LogP contribution in [0.15, 0.2) is 48.6 Å². The lowest BCUT2D eigenvalue weighted by atomic mass is 10.0. The van der Waals surface area contributed by atoms with Crippen LogP contribution in [-0.4, -0.2) is 74.3 Å². The molecule has 0 heterocycles. The second-order valence-corrected chi connectivity index (χ2v) is 24.7. The van der Waals surface area contributed by atoms with Crippen molar-refractivity contribution in [3.63, 3.8) is 0 Å². The molecule has 0 saturated heterocycles. The molecule has 0 aromatic heterocycles. The smallest absolute Gasteiger partial charge is 0.456 e. The number of amides is 1. The maximum Gasteiger partial charge on any atom is 0.472 e. The number of rotatable bonds is 59. The second kappa shape index (κ2) is 56.3. The Labute approximate surface area is 471 Å². The highest BCUT2D eigenvalue weighted by Crippen LogP contribution is 2.43. The van der Waals surface area contributed by atoms with Crippen LogP contribution in [-0.2, 0) is 27.9 Å². The van der Waals surface area contributed by atoms with E-state index in [1.807, 2.05) is 33.3 Å². The highest BCUT2D eigenvalue weighted by molar-refractivity contribution is 7.47. The zero-order valence-corrected chi connectivity index (χ0v) is 51.9. The second-order valence-electron chi connectivity index (χ2n) is 23.3. The summed E-state index contributed by atoms with van der Waals surface area (Å²) in [7, 11) is 1.50. The fourth-order valence-electron chi connectivity index (χ4n) is 9.50. The molecule has 0 bridgehead atoms. The standard InChI is InChI=1S/C66H125N2O7P/c1-7-10-13-16-19-22-25-28-30-31-32-33-34-35-36-37-38-40-43-46-49-52-55-58-65(69)67-63(62-74-76(71,72)73-61-60-68(4,5)6)64(57-54-51-48-45-42-39-27-24-21-18-15-12-9-3)75-66(70)59-56-53-50-47-44-41-29-26-23-20-17-14-11-8-2/h11,14,20,23,28,30,54,57,63-64H,7-10,12-13,15-19,21-22,24-27,29,31-53,55-56,58-62H2,1-6H3,(H-,67,69,71,72)/p+1/b14-11+,23-20+,30-28+,57-54-. The molecule has 0 aromatic rings. The molecule has 3 atom stereocenters.